The fourth-order valence-electron chi connectivity index (χ4n) is 3.90. The number of nitrogens with zero attached hydrogens (tertiary/aromatic N) is 3. The first-order chi connectivity index (χ1) is 16.7. The van der Waals surface area contributed by atoms with Gasteiger partial charge in [0.25, 0.3) is 5.56 Å². The molecule has 0 saturated carbocycles. The van der Waals surface area contributed by atoms with Crippen molar-refractivity contribution in [2.24, 2.45) is 0 Å². The number of alkyl halides is 3. The van der Waals surface area contributed by atoms with Crippen molar-refractivity contribution >= 4 is 11.0 Å². The molecule has 8 nitrogen and oxygen atoms in total. The third-order valence-electron chi connectivity index (χ3n) is 5.74. The summed E-state index contributed by atoms with van der Waals surface area (Å²) in [5.74, 6) is 1.43. The second-order valence-corrected chi connectivity index (χ2v) is 7.92. The molecule has 1 unspecified atom stereocenters. The van der Waals surface area contributed by atoms with E-state index >= 15 is 0 Å². The molecule has 2 aromatic heterocycles. The number of methoxy groups -OCH3 is 2. The minimum Gasteiger partial charge on any atom is -0.493 e. The Labute approximate surface area is 198 Å². The minimum absolute atomic E-state index is 0.127. The summed E-state index contributed by atoms with van der Waals surface area (Å²) in [6.45, 7) is 1.23. The molecule has 11 heteroatoms. The van der Waals surface area contributed by atoms with Crippen molar-refractivity contribution in [3.05, 3.63) is 81.0 Å². The summed E-state index contributed by atoms with van der Waals surface area (Å²) in [6.07, 6.45) is -4.18. The molecule has 0 bridgehead atoms. The second-order valence-electron chi connectivity index (χ2n) is 7.92. The van der Waals surface area contributed by atoms with Gasteiger partial charge in [-0.1, -0.05) is 18.2 Å². The van der Waals surface area contributed by atoms with E-state index in [9.17, 15) is 23.1 Å². The number of fused-ring (bicyclic) bond motifs is 1. The lowest BCUT2D eigenvalue weighted by Crippen LogP contribution is -2.15. The van der Waals surface area contributed by atoms with Gasteiger partial charge >= 0.3 is 6.18 Å². The zero-order chi connectivity index (χ0) is 25.3. The minimum atomic E-state index is -4.45. The van der Waals surface area contributed by atoms with Crippen LogP contribution in [0, 0.1) is 0 Å². The maximum atomic E-state index is 13.0. The Morgan fingerprint density at radius 3 is 2.37 bits per heavy atom. The summed E-state index contributed by atoms with van der Waals surface area (Å²) in [5.41, 5.74) is 0.456. The van der Waals surface area contributed by atoms with Crippen molar-refractivity contribution in [2.45, 2.75) is 32.2 Å². The summed E-state index contributed by atoms with van der Waals surface area (Å²) in [7, 11) is 3.05. The summed E-state index contributed by atoms with van der Waals surface area (Å²) in [4.78, 5) is 20.2. The molecule has 0 aliphatic heterocycles. The molecule has 0 amide bonds. The summed E-state index contributed by atoms with van der Waals surface area (Å²) < 4.78 is 50.9. The number of H-pyrrole nitrogens is 1. The molecule has 0 fully saturated rings. The molecule has 0 aliphatic rings. The van der Waals surface area contributed by atoms with Crippen LogP contribution in [0.2, 0.25) is 0 Å². The second kappa shape index (κ2) is 9.41. The number of aliphatic hydroxyl groups excluding tert-OH is 1. The molecule has 2 N–H and O–H groups in total. The molecule has 2 heterocycles. The van der Waals surface area contributed by atoms with Gasteiger partial charge in [0.05, 0.1) is 32.4 Å². The third kappa shape index (κ3) is 4.72. The predicted molar refractivity (Wildman–Crippen MR) is 122 cm³/mol. The monoisotopic (exact) mass is 488 g/mol. The smallest absolute Gasteiger partial charge is 0.416 e. The van der Waals surface area contributed by atoms with Gasteiger partial charge in [0.2, 0.25) is 0 Å². The zero-order valence-electron chi connectivity index (χ0n) is 19.2. The van der Waals surface area contributed by atoms with E-state index in [1.54, 1.807) is 19.1 Å². The lowest BCUT2D eigenvalue weighted by atomic mass is 10.1. The van der Waals surface area contributed by atoms with Gasteiger partial charge in [-0.05, 0) is 42.3 Å². The van der Waals surface area contributed by atoms with Gasteiger partial charge in [-0.15, -0.1) is 0 Å². The van der Waals surface area contributed by atoms with Gasteiger partial charge in [-0.2, -0.15) is 18.3 Å². The van der Waals surface area contributed by atoms with Gasteiger partial charge < -0.3 is 19.6 Å². The molecule has 2 aromatic carbocycles. The Balaban J connectivity index is 1.76. The predicted octanol–water partition coefficient (Wildman–Crippen LogP) is 3.85. The van der Waals surface area contributed by atoms with Gasteiger partial charge in [-0.3, -0.25) is 4.79 Å². The molecule has 1 atom stereocenters. The average molecular weight is 488 g/mol. The fourth-order valence-corrected chi connectivity index (χ4v) is 3.90. The topological polar surface area (TPSA) is 102 Å². The lowest BCUT2D eigenvalue weighted by Gasteiger charge is -2.15. The Morgan fingerprint density at radius 1 is 1.09 bits per heavy atom. The maximum Gasteiger partial charge on any atom is 0.416 e. The van der Waals surface area contributed by atoms with Crippen LogP contribution in [-0.4, -0.2) is 39.1 Å². The highest BCUT2D eigenvalue weighted by molar-refractivity contribution is 5.77. The van der Waals surface area contributed by atoms with Crippen molar-refractivity contribution in [3.8, 4) is 11.5 Å². The first kappa shape index (κ1) is 24.3. The molecular formula is C24H23F3N4O4. The number of aliphatic hydroxyl groups is 1. The average Bonchev–Trinajstić information content (AvgIpc) is 3.22. The molecule has 0 radical (unpaired) electrons. The first-order valence-corrected chi connectivity index (χ1v) is 10.7. The molecule has 184 valence electrons. The molecule has 4 aromatic rings. The standard InChI is InChI=1S/C24H23F3N4O4/c1-13(15-5-7-16(8-6-15)24(25,26)27)31-22-21(17(12-32)30-31)23(33)29-20(28-22)11-14-4-9-18(34-2)19(10-14)35-3/h4-10,13,32H,11-12H2,1-3H3,(H,28,29,33). The number of halogens is 3. The van der Waals surface area contributed by atoms with Crippen molar-refractivity contribution in [1.82, 2.24) is 19.7 Å². The van der Waals surface area contributed by atoms with E-state index in [0.29, 0.717) is 22.9 Å². The number of hydrogen-bond donors (Lipinski definition) is 2. The SMILES string of the molecule is COc1ccc(Cc2nc3c(c(CO)nn3C(C)c3ccc(C(F)(F)F)cc3)c(=O)[nH]2)cc1OC. The van der Waals surface area contributed by atoms with Gasteiger partial charge in [0.1, 0.15) is 16.9 Å². The summed E-state index contributed by atoms with van der Waals surface area (Å²) in [6, 6.07) is 9.47. The first-order valence-electron chi connectivity index (χ1n) is 10.7. The Kier molecular flexibility index (Phi) is 6.53. The van der Waals surface area contributed by atoms with Crippen LogP contribution in [0.1, 0.15) is 41.2 Å². The van der Waals surface area contributed by atoms with E-state index in [4.69, 9.17) is 9.47 Å². The number of aromatic amines is 1. The van der Waals surface area contributed by atoms with Crippen LogP contribution in [0.4, 0.5) is 13.2 Å². The number of rotatable bonds is 7. The van der Waals surface area contributed by atoms with Crippen molar-refractivity contribution in [2.75, 3.05) is 14.2 Å². The van der Waals surface area contributed by atoms with Crippen LogP contribution in [0.15, 0.2) is 47.3 Å². The molecule has 0 aliphatic carbocycles. The van der Waals surface area contributed by atoms with Crippen LogP contribution in [0.3, 0.4) is 0 Å². The van der Waals surface area contributed by atoms with E-state index in [1.165, 1.54) is 31.0 Å². The molecular weight excluding hydrogens is 465 g/mol. The van der Waals surface area contributed by atoms with Crippen molar-refractivity contribution < 1.29 is 27.8 Å². The summed E-state index contributed by atoms with van der Waals surface area (Å²) in [5, 5.41) is 14.2. The largest absolute Gasteiger partial charge is 0.493 e. The Bertz CT molecular complexity index is 1410. The number of ether oxygens (including phenoxy) is 2. The van der Waals surface area contributed by atoms with E-state index in [2.05, 4.69) is 15.1 Å². The van der Waals surface area contributed by atoms with Crippen LogP contribution in [-0.2, 0) is 19.2 Å². The van der Waals surface area contributed by atoms with Crippen LogP contribution < -0.4 is 15.0 Å². The normalized spacial score (nSPS) is 12.7. The van der Waals surface area contributed by atoms with E-state index in [1.807, 2.05) is 6.07 Å². The molecule has 35 heavy (non-hydrogen) atoms. The van der Waals surface area contributed by atoms with Crippen LogP contribution in [0.5, 0.6) is 11.5 Å². The highest BCUT2D eigenvalue weighted by atomic mass is 19.4. The van der Waals surface area contributed by atoms with Crippen LogP contribution in [0.25, 0.3) is 11.0 Å². The highest BCUT2D eigenvalue weighted by Gasteiger charge is 2.30. The molecule has 0 spiro atoms. The van der Waals surface area contributed by atoms with Gasteiger partial charge in [0, 0.05) is 6.42 Å². The Morgan fingerprint density at radius 2 is 1.77 bits per heavy atom. The maximum absolute atomic E-state index is 13.0. The van der Waals surface area contributed by atoms with E-state index in [-0.39, 0.29) is 23.1 Å². The van der Waals surface area contributed by atoms with Crippen molar-refractivity contribution in [3.63, 3.8) is 0 Å². The highest BCUT2D eigenvalue weighted by Crippen LogP contribution is 2.31. The molecule has 4 rings (SSSR count). The zero-order valence-corrected chi connectivity index (χ0v) is 19.2. The number of benzene rings is 2. The van der Waals surface area contributed by atoms with Crippen LogP contribution >= 0.6 is 0 Å². The van der Waals surface area contributed by atoms with Crippen molar-refractivity contribution in [1.29, 1.82) is 0 Å². The summed E-state index contributed by atoms with van der Waals surface area (Å²) >= 11 is 0. The third-order valence-corrected chi connectivity index (χ3v) is 5.74. The molecule has 0 saturated heterocycles. The number of hydrogen-bond acceptors (Lipinski definition) is 6. The van der Waals surface area contributed by atoms with E-state index in [0.717, 1.165) is 17.7 Å². The van der Waals surface area contributed by atoms with Gasteiger partial charge in [0.15, 0.2) is 17.1 Å². The van der Waals surface area contributed by atoms with Gasteiger partial charge in [-0.25, -0.2) is 9.67 Å². The van der Waals surface area contributed by atoms with E-state index < -0.39 is 29.9 Å². The number of aromatic nitrogens is 4. The Hall–Kier alpha value is -3.86. The number of nitrogens with one attached hydrogen (secondary N) is 1. The quantitative estimate of drug-likeness (QED) is 0.410. The fraction of sp³-hybridized carbons (Fsp3) is 0.292. The lowest BCUT2D eigenvalue weighted by molar-refractivity contribution is -0.137.